The number of hydrogen-bond acceptors (Lipinski definition) is 11. The summed E-state index contributed by atoms with van der Waals surface area (Å²) < 4.78 is 64.7. The maximum atomic E-state index is 12.5. The van der Waals surface area contributed by atoms with E-state index in [1.807, 2.05) is 57.2 Å². The Hall–Kier alpha value is -4.99. The van der Waals surface area contributed by atoms with Crippen molar-refractivity contribution in [1.82, 2.24) is 20.5 Å². The number of pyridine rings is 1. The number of carbonyl (C=O) groups excluding carboxylic acids is 1. The van der Waals surface area contributed by atoms with E-state index in [4.69, 9.17) is 29.4 Å². The summed E-state index contributed by atoms with van der Waals surface area (Å²) >= 11 is 0. The molecular weight excluding hydrogens is 693 g/mol. The van der Waals surface area contributed by atoms with E-state index in [2.05, 4.69) is 31.9 Å². The van der Waals surface area contributed by atoms with E-state index in [0.717, 1.165) is 41.7 Å². The Morgan fingerprint density at radius 1 is 0.981 bits per heavy atom. The van der Waals surface area contributed by atoms with Crippen LogP contribution in [0.25, 0.3) is 0 Å². The molecule has 1 amide bonds. The number of benzene rings is 2. The van der Waals surface area contributed by atoms with Crippen molar-refractivity contribution in [1.29, 1.82) is 0 Å². The number of halogens is 3. The highest BCUT2D eigenvalue weighted by molar-refractivity contribution is 5.92. The van der Waals surface area contributed by atoms with E-state index < -0.39 is 11.9 Å². The molecule has 15 heteroatoms. The van der Waals surface area contributed by atoms with Crippen LogP contribution in [0.15, 0.2) is 72.8 Å². The number of nitrogens with one attached hydrogen (secondary N) is 2. The summed E-state index contributed by atoms with van der Waals surface area (Å²) in [6.45, 7) is 8.01. The molecule has 1 aliphatic heterocycles. The smallest absolute Gasteiger partial charge is 0.433 e. The Kier molecular flexibility index (Phi) is 17.7. The molecule has 2 atom stereocenters. The van der Waals surface area contributed by atoms with Gasteiger partial charge in [-0.1, -0.05) is 32.0 Å². The largest absolute Gasteiger partial charge is 0.494 e. The van der Waals surface area contributed by atoms with Crippen LogP contribution in [0.3, 0.4) is 0 Å². The number of nitrogens with zero attached hydrogens (tertiary/aromatic N) is 3. The number of ether oxygens (including phenoxy) is 5. The highest BCUT2D eigenvalue weighted by Gasteiger charge is 2.32. The number of carbonyl (C=O) groups is 1. The zero-order chi connectivity index (χ0) is 38.6. The zero-order valence-corrected chi connectivity index (χ0v) is 30.7. The Morgan fingerprint density at radius 3 is 2.34 bits per heavy atom. The molecule has 0 bridgehead atoms. The summed E-state index contributed by atoms with van der Waals surface area (Å²) in [4.78, 5) is 15.6. The number of aromatic nitrogens is 3. The minimum absolute atomic E-state index is 0.0486. The van der Waals surface area contributed by atoms with Gasteiger partial charge < -0.3 is 40.1 Å². The van der Waals surface area contributed by atoms with Gasteiger partial charge in [0.2, 0.25) is 5.88 Å². The van der Waals surface area contributed by atoms with E-state index in [9.17, 15) is 18.0 Å². The predicted octanol–water partition coefficient (Wildman–Crippen LogP) is 6.98. The maximum Gasteiger partial charge on any atom is 0.433 e. The Balaban J connectivity index is 0.000000306. The molecule has 4 aromatic rings. The second kappa shape index (κ2) is 22.2. The summed E-state index contributed by atoms with van der Waals surface area (Å²) in [5, 5.41) is 13.2. The standard InChI is InChI=1S/C24H28N4O4.C12H15F3N2O2.C2H6/c1-17-16-18(12-13-25)4-10-22(17)32-20-7-5-19(6-8-20)31-15-3-14-26-24(29)21-9-11-23(30-2)28-27-21;1-18-8-5-6-11(19-7-8)17-10-4-2-3-9(16-10)12(13,14)15;1-2/h4-11,16H,3,12-15,25H2,1-2H3,(H,26,29);2-4,8,11H,5-7H2,1H3,(H,16,17);1-2H3. The Bertz CT molecular complexity index is 1650. The van der Waals surface area contributed by atoms with Crippen LogP contribution in [0.2, 0.25) is 0 Å². The lowest BCUT2D eigenvalue weighted by molar-refractivity contribution is -0.141. The molecule has 3 heterocycles. The average Bonchev–Trinajstić information content (AvgIpc) is 3.17. The van der Waals surface area contributed by atoms with E-state index in [1.165, 1.54) is 24.8 Å². The molecule has 5 rings (SSSR count). The monoisotopic (exact) mass is 742 g/mol. The van der Waals surface area contributed by atoms with Gasteiger partial charge in [0.15, 0.2) is 5.69 Å². The van der Waals surface area contributed by atoms with Gasteiger partial charge in [0.05, 0.1) is 26.4 Å². The molecule has 53 heavy (non-hydrogen) atoms. The van der Waals surface area contributed by atoms with Crippen molar-refractivity contribution in [3.05, 3.63) is 95.3 Å². The third-order valence-electron chi connectivity index (χ3n) is 7.60. The average molecular weight is 743 g/mol. The molecule has 0 spiro atoms. The molecule has 4 N–H and O–H groups in total. The number of aryl methyl sites for hydroxylation is 1. The summed E-state index contributed by atoms with van der Waals surface area (Å²) in [5.41, 5.74) is 7.21. The molecule has 0 saturated carbocycles. The lowest BCUT2D eigenvalue weighted by Gasteiger charge is -2.29. The summed E-state index contributed by atoms with van der Waals surface area (Å²) in [5.74, 6) is 2.53. The Labute approximate surface area is 308 Å². The molecule has 2 unspecified atom stereocenters. The molecular formula is C38H49F3N6O6. The minimum atomic E-state index is -4.44. The van der Waals surface area contributed by atoms with Crippen molar-refractivity contribution in [2.75, 3.05) is 45.8 Å². The lowest BCUT2D eigenvalue weighted by Crippen LogP contribution is -2.35. The molecule has 1 fully saturated rings. The van der Waals surface area contributed by atoms with Crippen LogP contribution in [0.4, 0.5) is 19.0 Å². The van der Waals surface area contributed by atoms with Crippen LogP contribution in [0, 0.1) is 6.92 Å². The number of alkyl halides is 3. The first-order chi connectivity index (χ1) is 25.6. The van der Waals surface area contributed by atoms with Gasteiger partial charge >= 0.3 is 6.18 Å². The van der Waals surface area contributed by atoms with Crippen LogP contribution < -0.4 is 30.6 Å². The topological polar surface area (TPSA) is 152 Å². The van der Waals surface area contributed by atoms with Crippen molar-refractivity contribution < 1.29 is 41.7 Å². The van der Waals surface area contributed by atoms with Crippen LogP contribution in [0.1, 0.15) is 60.4 Å². The fourth-order valence-corrected chi connectivity index (χ4v) is 4.85. The first-order valence-electron chi connectivity index (χ1n) is 17.4. The molecule has 0 aliphatic carbocycles. The van der Waals surface area contributed by atoms with E-state index in [1.54, 1.807) is 19.2 Å². The second-order valence-electron chi connectivity index (χ2n) is 11.4. The van der Waals surface area contributed by atoms with Crippen molar-refractivity contribution in [2.24, 2.45) is 5.73 Å². The van der Waals surface area contributed by atoms with Gasteiger partial charge in [-0.3, -0.25) is 4.79 Å². The van der Waals surface area contributed by atoms with Crippen LogP contribution in [0.5, 0.6) is 23.1 Å². The molecule has 0 radical (unpaired) electrons. The van der Waals surface area contributed by atoms with Gasteiger partial charge in [-0.2, -0.15) is 13.2 Å². The van der Waals surface area contributed by atoms with Crippen LogP contribution in [-0.2, 0) is 22.1 Å². The van der Waals surface area contributed by atoms with Gasteiger partial charge in [-0.15, -0.1) is 10.2 Å². The first-order valence-corrected chi connectivity index (χ1v) is 17.4. The Morgan fingerprint density at radius 2 is 1.74 bits per heavy atom. The second-order valence-corrected chi connectivity index (χ2v) is 11.4. The maximum absolute atomic E-state index is 12.5. The predicted molar refractivity (Wildman–Crippen MR) is 195 cm³/mol. The summed E-state index contributed by atoms with van der Waals surface area (Å²) in [6.07, 6.45) is -1.75. The molecule has 1 aliphatic rings. The van der Waals surface area contributed by atoms with Gasteiger partial charge in [-0.25, -0.2) is 4.98 Å². The van der Waals surface area contributed by atoms with Crippen molar-refractivity contribution >= 4 is 11.7 Å². The highest BCUT2D eigenvalue weighted by Crippen LogP contribution is 2.29. The van der Waals surface area contributed by atoms with Crippen LogP contribution in [-0.4, -0.2) is 73.9 Å². The van der Waals surface area contributed by atoms with Crippen molar-refractivity contribution in [2.45, 2.75) is 65.0 Å². The highest BCUT2D eigenvalue weighted by atomic mass is 19.4. The third-order valence-corrected chi connectivity index (χ3v) is 7.60. The number of hydrogen-bond donors (Lipinski definition) is 3. The molecule has 1 saturated heterocycles. The van der Waals surface area contributed by atoms with Crippen molar-refractivity contribution in [3.8, 4) is 23.1 Å². The minimum Gasteiger partial charge on any atom is -0.494 e. The quantitative estimate of drug-likeness (QED) is 0.115. The summed E-state index contributed by atoms with van der Waals surface area (Å²) in [6, 6.07) is 20.5. The fourth-order valence-electron chi connectivity index (χ4n) is 4.85. The first kappa shape index (κ1) is 42.4. The number of anilines is 1. The van der Waals surface area contributed by atoms with E-state index in [0.29, 0.717) is 45.0 Å². The molecule has 2 aromatic heterocycles. The fraction of sp³-hybridized carbons (Fsp3) is 0.421. The SMILES string of the molecule is CC.COC1CCC(Nc2cccc(C(F)(F)F)n2)OC1.COc1ccc(C(=O)NCCCOc2ccc(Oc3ccc(CCN)cc3C)cc2)nn1. The number of methoxy groups -OCH3 is 2. The normalized spacial score (nSPS) is 15.1. The van der Waals surface area contributed by atoms with Crippen LogP contribution >= 0.6 is 0 Å². The molecule has 2 aromatic carbocycles. The number of nitrogens with two attached hydrogens (primary N) is 1. The number of amides is 1. The van der Waals surface area contributed by atoms with Gasteiger partial charge in [0, 0.05) is 19.7 Å². The van der Waals surface area contributed by atoms with E-state index in [-0.39, 0.29) is 29.8 Å². The third kappa shape index (κ3) is 14.5. The number of rotatable bonds is 14. The molecule has 288 valence electrons. The molecule has 12 nitrogen and oxygen atoms in total. The van der Waals surface area contributed by atoms with E-state index >= 15 is 0 Å². The lowest BCUT2D eigenvalue weighted by atomic mass is 10.1. The van der Waals surface area contributed by atoms with Crippen molar-refractivity contribution in [3.63, 3.8) is 0 Å². The summed E-state index contributed by atoms with van der Waals surface area (Å²) in [7, 11) is 3.10. The van der Waals surface area contributed by atoms with Gasteiger partial charge in [-0.05, 0) is 98.8 Å². The van der Waals surface area contributed by atoms with Gasteiger partial charge in [0.1, 0.15) is 35.0 Å². The van der Waals surface area contributed by atoms with Gasteiger partial charge in [0.25, 0.3) is 5.91 Å². The zero-order valence-electron chi connectivity index (χ0n) is 30.7.